The second-order valence-corrected chi connectivity index (χ2v) is 7.66. The highest BCUT2D eigenvalue weighted by atomic mass is 19.1. The lowest BCUT2D eigenvalue weighted by molar-refractivity contribution is -0.384. The van der Waals surface area contributed by atoms with Crippen molar-refractivity contribution in [2.45, 2.75) is 19.4 Å². The molecule has 1 fully saturated rings. The number of nitrogens with zero attached hydrogens (tertiary/aromatic N) is 3. The first-order valence-electron chi connectivity index (χ1n) is 10.4. The van der Waals surface area contributed by atoms with E-state index in [-0.39, 0.29) is 23.5 Å². The molecule has 0 aromatic heterocycles. The van der Waals surface area contributed by atoms with E-state index < -0.39 is 10.7 Å². The molecule has 0 bridgehead atoms. The van der Waals surface area contributed by atoms with Gasteiger partial charge >= 0.3 is 0 Å². The molecule has 0 saturated carbocycles. The molecule has 0 aliphatic carbocycles. The third-order valence-electron chi connectivity index (χ3n) is 5.44. The first-order chi connectivity index (χ1) is 15.3. The Labute approximate surface area is 185 Å². The highest BCUT2D eigenvalue weighted by Gasteiger charge is 2.25. The number of hydrogen-bond donors (Lipinski definition) is 2. The molecule has 2 amide bonds. The minimum Gasteiger partial charge on any atom is -0.326 e. The monoisotopic (exact) mass is 443 g/mol. The van der Waals surface area contributed by atoms with Gasteiger partial charge in [0.2, 0.25) is 11.8 Å². The van der Waals surface area contributed by atoms with Gasteiger partial charge in [0.25, 0.3) is 5.69 Å². The SMILES string of the molecule is CC(C(=O)Nc1cccc(F)c1)N1CCN(CCC(=O)Nc2ccc([N+](=O)[O-])cc2)CC1. The number of rotatable bonds is 8. The molecule has 1 unspecified atom stereocenters. The average Bonchev–Trinajstić information content (AvgIpc) is 2.78. The van der Waals surface area contributed by atoms with Crippen molar-refractivity contribution < 1.29 is 18.9 Å². The van der Waals surface area contributed by atoms with Gasteiger partial charge in [0.05, 0.1) is 11.0 Å². The van der Waals surface area contributed by atoms with Gasteiger partial charge < -0.3 is 15.5 Å². The van der Waals surface area contributed by atoms with Crippen molar-refractivity contribution in [3.05, 3.63) is 64.5 Å². The fraction of sp³-hybridized carbons (Fsp3) is 0.364. The molecule has 1 saturated heterocycles. The topological polar surface area (TPSA) is 108 Å². The third kappa shape index (κ3) is 6.56. The maximum absolute atomic E-state index is 13.3. The molecule has 170 valence electrons. The van der Waals surface area contributed by atoms with Crippen LogP contribution in [0.2, 0.25) is 0 Å². The van der Waals surface area contributed by atoms with Crippen molar-refractivity contribution in [1.29, 1.82) is 0 Å². The molecule has 3 rings (SSSR count). The van der Waals surface area contributed by atoms with Crippen LogP contribution in [0.5, 0.6) is 0 Å². The minimum absolute atomic E-state index is 0.0280. The Morgan fingerprint density at radius 3 is 2.38 bits per heavy atom. The lowest BCUT2D eigenvalue weighted by atomic mass is 10.2. The summed E-state index contributed by atoms with van der Waals surface area (Å²) in [6.45, 7) is 5.21. The second-order valence-electron chi connectivity index (χ2n) is 7.66. The summed E-state index contributed by atoms with van der Waals surface area (Å²) in [5.74, 6) is -0.752. The van der Waals surface area contributed by atoms with E-state index >= 15 is 0 Å². The van der Waals surface area contributed by atoms with Crippen LogP contribution in [0.15, 0.2) is 48.5 Å². The summed E-state index contributed by atoms with van der Waals surface area (Å²) >= 11 is 0. The Kier molecular flexibility index (Phi) is 7.85. The number of halogens is 1. The fourth-order valence-corrected chi connectivity index (χ4v) is 3.50. The summed E-state index contributed by atoms with van der Waals surface area (Å²) < 4.78 is 13.3. The highest BCUT2D eigenvalue weighted by molar-refractivity contribution is 5.94. The maximum atomic E-state index is 13.3. The maximum Gasteiger partial charge on any atom is 0.269 e. The van der Waals surface area contributed by atoms with Crippen LogP contribution >= 0.6 is 0 Å². The molecule has 2 aromatic carbocycles. The van der Waals surface area contributed by atoms with E-state index in [1.807, 2.05) is 6.92 Å². The van der Waals surface area contributed by atoms with Gasteiger partial charge in [-0.15, -0.1) is 0 Å². The quantitative estimate of drug-likeness (QED) is 0.480. The molecule has 1 heterocycles. The van der Waals surface area contributed by atoms with Crippen LogP contribution < -0.4 is 10.6 Å². The summed E-state index contributed by atoms with van der Waals surface area (Å²) in [5.41, 5.74) is 0.919. The van der Waals surface area contributed by atoms with Gasteiger partial charge in [0, 0.05) is 62.7 Å². The van der Waals surface area contributed by atoms with Crippen molar-refractivity contribution in [3.63, 3.8) is 0 Å². The number of piperazine rings is 1. The summed E-state index contributed by atoms with van der Waals surface area (Å²) in [5, 5.41) is 16.2. The molecule has 10 heteroatoms. The van der Waals surface area contributed by atoms with E-state index in [0.717, 1.165) is 13.1 Å². The molecule has 0 radical (unpaired) electrons. The number of nitro benzene ring substituents is 1. The first-order valence-corrected chi connectivity index (χ1v) is 10.4. The molecule has 1 aliphatic heterocycles. The van der Waals surface area contributed by atoms with Crippen molar-refractivity contribution >= 4 is 28.9 Å². The number of anilines is 2. The van der Waals surface area contributed by atoms with Crippen LogP contribution in [-0.4, -0.2) is 65.3 Å². The van der Waals surface area contributed by atoms with Crippen molar-refractivity contribution in [2.24, 2.45) is 0 Å². The number of amides is 2. The molecular formula is C22H26FN5O4. The number of hydrogen-bond acceptors (Lipinski definition) is 6. The standard InChI is InChI=1S/C22H26FN5O4/c1-16(22(30)25-19-4-2-3-17(23)15-19)27-13-11-26(12-14-27)10-9-21(29)24-18-5-7-20(8-6-18)28(31)32/h2-8,15-16H,9-14H2,1H3,(H,24,29)(H,25,30). The number of nitrogens with one attached hydrogen (secondary N) is 2. The normalized spacial score (nSPS) is 15.7. The van der Waals surface area contributed by atoms with Crippen molar-refractivity contribution in [1.82, 2.24) is 9.80 Å². The molecule has 1 atom stereocenters. The molecule has 32 heavy (non-hydrogen) atoms. The number of benzene rings is 2. The molecule has 0 spiro atoms. The molecule has 1 aliphatic rings. The molecular weight excluding hydrogens is 417 g/mol. The van der Waals surface area contributed by atoms with E-state index in [0.29, 0.717) is 37.4 Å². The number of nitro groups is 1. The summed E-state index contributed by atoms with van der Waals surface area (Å²) in [7, 11) is 0. The van der Waals surface area contributed by atoms with Gasteiger partial charge in [-0.05, 0) is 37.3 Å². The van der Waals surface area contributed by atoms with E-state index in [4.69, 9.17) is 0 Å². The lowest BCUT2D eigenvalue weighted by Gasteiger charge is -2.37. The number of carbonyl (C=O) groups excluding carboxylic acids is 2. The van der Waals surface area contributed by atoms with Crippen LogP contribution in [0, 0.1) is 15.9 Å². The predicted octanol–water partition coefficient (Wildman–Crippen LogP) is 2.71. The zero-order valence-corrected chi connectivity index (χ0v) is 17.8. The Morgan fingerprint density at radius 1 is 1.06 bits per heavy atom. The Morgan fingerprint density at radius 2 is 1.75 bits per heavy atom. The van der Waals surface area contributed by atoms with Crippen LogP contribution in [0.4, 0.5) is 21.5 Å². The summed E-state index contributed by atoms with van der Waals surface area (Å²) in [6.07, 6.45) is 0.298. The molecule has 2 N–H and O–H groups in total. The Bertz CT molecular complexity index is 961. The minimum atomic E-state index is -0.489. The largest absolute Gasteiger partial charge is 0.326 e. The van der Waals surface area contributed by atoms with Gasteiger partial charge in [0.15, 0.2) is 0 Å². The zero-order valence-electron chi connectivity index (χ0n) is 17.8. The van der Waals surface area contributed by atoms with Crippen molar-refractivity contribution in [2.75, 3.05) is 43.4 Å². The predicted molar refractivity (Wildman–Crippen MR) is 119 cm³/mol. The van der Waals surface area contributed by atoms with Crippen LogP contribution in [0.25, 0.3) is 0 Å². The highest BCUT2D eigenvalue weighted by Crippen LogP contribution is 2.16. The molecule has 2 aromatic rings. The van der Waals surface area contributed by atoms with Crippen LogP contribution in [-0.2, 0) is 9.59 Å². The van der Waals surface area contributed by atoms with Gasteiger partial charge in [-0.25, -0.2) is 4.39 Å². The van der Waals surface area contributed by atoms with E-state index in [1.54, 1.807) is 12.1 Å². The van der Waals surface area contributed by atoms with Gasteiger partial charge in [0.1, 0.15) is 5.82 Å². The van der Waals surface area contributed by atoms with E-state index in [9.17, 15) is 24.1 Å². The average molecular weight is 443 g/mol. The first kappa shape index (κ1) is 23.3. The van der Waals surface area contributed by atoms with Crippen LogP contribution in [0.3, 0.4) is 0 Å². The number of non-ortho nitro benzene ring substituents is 1. The summed E-state index contributed by atoms with van der Waals surface area (Å²) in [4.78, 5) is 39.1. The zero-order chi connectivity index (χ0) is 23.1. The van der Waals surface area contributed by atoms with Crippen molar-refractivity contribution in [3.8, 4) is 0 Å². The third-order valence-corrected chi connectivity index (χ3v) is 5.44. The second kappa shape index (κ2) is 10.8. The number of carbonyl (C=O) groups is 2. The summed E-state index contributed by atoms with van der Waals surface area (Å²) in [6, 6.07) is 11.1. The smallest absolute Gasteiger partial charge is 0.269 e. The molecule has 9 nitrogen and oxygen atoms in total. The lowest BCUT2D eigenvalue weighted by Crippen LogP contribution is -2.53. The van der Waals surface area contributed by atoms with Gasteiger partial charge in [-0.2, -0.15) is 0 Å². The van der Waals surface area contributed by atoms with Gasteiger partial charge in [-0.3, -0.25) is 24.6 Å². The van der Waals surface area contributed by atoms with Crippen LogP contribution in [0.1, 0.15) is 13.3 Å². The van der Waals surface area contributed by atoms with E-state index in [1.165, 1.54) is 36.4 Å². The van der Waals surface area contributed by atoms with E-state index in [2.05, 4.69) is 20.4 Å². The Hall–Kier alpha value is -3.37. The fourth-order valence-electron chi connectivity index (χ4n) is 3.50. The van der Waals surface area contributed by atoms with Gasteiger partial charge in [-0.1, -0.05) is 6.07 Å². The Balaban J connectivity index is 1.39.